The number of methoxy groups -OCH3 is 1. The van der Waals surface area contributed by atoms with E-state index in [4.69, 9.17) is 16.2 Å². The van der Waals surface area contributed by atoms with Gasteiger partial charge in [-0.2, -0.15) is 19.7 Å². The summed E-state index contributed by atoms with van der Waals surface area (Å²) in [7, 11) is 1.24. The van der Waals surface area contributed by atoms with Gasteiger partial charge in [0.15, 0.2) is 11.6 Å². The number of benzene rings is 2. The lowest BCUT2D eigenvalue weighted by molar-refractivity contribution is 0.178. The number of ether oxygens (including phenoxy) is 1. The van der Waals surface area contributed by atoms with Crippen molar-refractivity contribution in [3.63, 3.8) is 0 Å². The van der Waals surface area contributed by atoms with Crippen molar-refractivity contribution in [2.24, 2.45) is 0 Å². The fraction of sp³-hybridized carbons (Fsp3) is 0.115. The summed E-state index contributed by atoms with van der Waals surface area (Å²) in [5, 5.41) is 4.50. The summed E-state index contributed by atoms with van der Waals surface area (Å²) < 4.78 is 35.7. The predicted molar refractivity (Wildman–Crippen MR) is 150 cm³/mol. The van der Waals surface area contributed by atoms with E-state index in [1.165, 1.54) is 28.8 Å². The van der Waals surface area contributed by atoms with E-state index in [0.29, 0.717) is 16.8 Å². The summed E-state index contributed by atoms with van der Waals surface area (Å²) >= 11 is 2.17. The number of carbonyl (C=O) groups is 1. The number of aromatic nitrogens is 5. The zero-order valence-corrected chi connectivity index (χ0v) is 22.6. The smallest absolute Gasteiger partial charge is 0.414 e. The second kappa shape index (κ2) is 10.8. The first-order valence-corrected chi connectivity index (χ1v) is 12.6. The lowest BCUT2D eigenvalue weighted by Crippen LogP contribution is -2.32. The van der Waals surface area contributed by atoms with E-state index >= 15 is 0 Å². The molecule has 5 aromatic rings. The number of anilines is 3. The molecule has 0 saturated heterocycles. The Bertz CT molecular complexity index is 1690. The summed E-state index contributed by atoms with van der Waals surface area (Å²) in [6.07, 6.45) is 0.418. The molecule has 0 unspecified atom stereocenters. The second-order valence-corrected chi connectivity index (χ2v) is 9.72. The molecule has 13 heteroatoms. The van der Waals surface area contributed by atoms with Gasteiger partial charge in [0.2, 0.25) is 0 Å². The number of hydrogen-bond acceptors (Lipinski definition) is 8. The number of nitrogens with zero attached hydrogens (tertiary/aromatic N) is 6. The summed E-state index contributed by atoms with van der Waals surface area (Å²) in [6.45, 7) is 0.0905. The van der Waals surface area contributed by atoms with Crippen molar-refractivity contribution in [3.05, 3.63) is 92.8 Å². The molecule has 0 saturated carbocycles. The molecule has 10 nitrogen and oxygen atoms in total. The van der Waals surface area contributed by atoms with Gasteiger partial charge in [0.1, 0.15) is 22.8 Å². The van der Waals surface area contributed by atoms with Crippen molar-refractivity contribution in [1.29, 1.82) is 0 Å². The molecule has 39 heavy (non-hydrogen) atoms. The highest BCUT2D eigenvalue weighted by Gasteiger charge is 2.26. The molecular weight excluding hydrogens is 621 g/mol. The summed E-state index contributed by atoms with van der Waals surface area (Å²) in [5.41, 5.74) is 14.8. The quantitative estimate of drug-likeness (QED) is 0.256. The molecule has 0 radical (unpaired) electrons. The number of amides is 1. The number of nitrogens with two attached hydrogens (primary N) is 2. The second-order valence-electron chi connectivity index (χ2n) is 8.48. The van der Waals surface area contributed by atoms with Crippen LogP contribution in [0, 0.1) is 15.2 Å². The van der Waals surface area contributed by atoms with Crippen LogP contribution in [0.2, 0.25) is 0 Å². The fourth-order valence-electron chi connectivity index (χ4n) is 4.14. The number of nitrogen functional groups attached to an aromatic ring is 2. The van der Waals surface area contributed by atoms with Crippen molar-refractivity contribution < 1.29 is 18.3 Å². The van der Waals surface area contributed by atoms with Crippen LogP contribution in [0.5, 0.6) is 0 Å². The van der Waals surface area contributed by atoms with Gasteiger partial charge >= 0.3 is 6.09 Å². The largest absolute Gasteiger partial charge is 0.452 e. The van der Waals surface area contributed by atoms with Crippen LogP contribution in [0.25, 0.3) is 17.0 Å². The number of rotatable bonds is 6. The van der Waals surface area contributed by atoms with E-state index in [2.05, 4.69) is 42.6 Å². The molecule has 0 atom stereocenters. The summed E-state index contributed by atoms with van der Waals surface area (Å²) in [6, 6.07) is 15.0. The number of pyridine rings is 1. The first-order valence-electron chi connectivity index (χ1n) is 11.5. The maximum atomic E-state index is 14.4. The molecule has 3 heterocycles. The molecule has 1 amide bonds. The van der Waals surface area contributed by atoms with Crippen molar-refractivity contribution in [3.8, 4) is 5.95 Å². The monoisotopic (exact) mass is 642 g/mol. The van der Waals surface area contributed by atoms with Crippen LogP contribution >= 0.6 is 22.6 Å². The maximum Gasteiger partial charge on any atom is 0.414 e. The van der Waals surface area contributed by atoms with Crippen LogP contribution < -0.4 is 16.4 Å². The van der Waals surface area contributed by atoms with Crippen molar-refractivity contribution in [2.75, 3.05) is 23.5 Å². The van der Waals surface area contributed by atoms with Crippen LogP contribution in [-0.2, 0) is 17.7 Å². The maximum absolute atomic E-state index is 14.4. The average molecular weight is 642 g/mol. The van der Waals surface area contributed by atoms with E-state index in [1.807, 2.05) is 24.3 Å². The van der Waals surface area contributed by atoms with Crippen molar-refractivity contribution >= 4 is 57.0 Å². The van der Waals surface area contributed by atoms with Crippen LogP contribution in [0.15, 0.2) is 60.8 Å². The lowest BCUT2D eigenvalue weighted by atomic mass is 10.1. The molecule has 0 spiro atoms. The van der Waals surface area contributed by atoms with Gasteiger partial charge in [0.25, 0.3) is 5.95 Å². The highest BCUT2D eigenvalue weighted by molar-refractivity contribution is 14.1. The Morgan fingerprint density at radius 2 is 1.82 bits per heavy atom. The van der Waals surface area contributed by atoms with Crippen LogP contribution in [0.3, 0.4) is 0 Å². The zero-order valence-electron chi connectivity index (χ0n) is 20.5. The Hall–Kier alpha value is -4.40. The van der Waals surface area contributed by atoms with Gasteiger partial charge in [0.05, 0.1) is 31.1 Å². The molecule has 198 valence electrons. The van der Waals surface area contributed by atoms with Gasteiger partial charge in [-0.15, -0.1) is 0 Å². The van der Waals surface area contributed by atoms with Crippen molar-refractivity contribution in [2.45, 2.75) is 13.0 Å². The van der Waals surface area contributed by atoms with Gasteiger partial charge in [0, 0.05) is 16.1 Å². The first kappa shape index (κ1) is 26.2. The van der Waals surface area contributed by atoms with Crippen LogP contribution in [0.1, 0.15) is 16.8 Å². The average Bonchev–Trinajstić information content (AvgIpc) is 3.25. The van der Waals surface area contributed by atoms with Gasteiger partial charge in [-0.25, -0.2) is 18.6 Å². The Balaban J connectivity index is 1.59. The summed E-state index contributed by atoms with van der Waals surface area (Å²) in [4.78, 5) is 26.8. The minimum atomic E-state index is -0.716. The highest BCUT2D eigenvalue weighted by Crippen LogP contribution is 2.32. The Kier molecular flexibility index (Phi) is 7.24. The van der Waals surface area contributed by atoms with E-state index in [9.17, 15) is 13.6 Å². The van der Waals surface area contributed by atoms with Crippen molar-refractivity contribution in [1.82, 2.24) is 24.7 Å². The molecular formula is C26H21F2IN8O2. The molecule has 5 rings (SSSR count). The minimum absolute atomic E-state index is 0.0526. The normalized spacial score (nSPS) is 11.1. The van der Waals surface area contributed by atoms with Gasteiger partial charge in [-0.3, -0.25) is 4.90 Å². The molecule has 3 aromatic heterocycles. The topological polar surface area (TPSA) is 138 Å². The highest BCUT2D eigenvalue weighted by atomic mass is 127. The predicted octanol–water partition coefficient (Wildman–Crippen LogP) is 4.62. The molecule has 2 aromatic carbocycles. The Morgan fingerprint density at radius 1 is 1.08 bits per heavy atom. The SMILES string of the molecule is COC(=O)N(Cc1cccc(I)c1)c1c(N)nc(-n2nc(Cc3ccccc3F)c3ncc(F)cc32)nc1N. The van der Waals surface area contributed by atoms with E-state index in [1.54, 1.807) is 18.2 Å². The third-order valence-electron chi connectivity index (χ3n) is 5.88. The van der Waals surface area contributed by atoms with Gasteiger partial charge in [-0.1, -0.05) is 30.3 Å². The molecule has 0 bridgehead atoms. The molecule has 0 aliphatic rings. The zero-order chi connectivity index (χ0) is 27.7. The number of fused-ring (bicyclic) bond motifs is 1. The van der Waals surface area contributed by atoms with Gasteiger partial charge in [-0.05, 0) is 51.9 Å². The number of carbonyl (C=O) groups excluding carboxylic acids is 1. The lowest BCUT2D eigenvalue weighted by Gasteiger charge is -2.23. The van der Waals surface area contributed by atoms with Gasteiger partial charge < -0.3 is 16.2 Å². The Labute approximate surface area is 234 Å². The van der Waals surface area contributed by atoms with E-state index in [-0.39, 0.29) is 41.8 Å². The molecule has 0 aliphatic carbocycles. The molecule has 4 N–H and O–H groups in total. The molecule has 0 aliphatic heterocycles. The first-order chi connectivity index (χ1) is 18.7. The summed E-state index contributed by atoms with van der Waals surface area (Å²) in [5.74, 6) is -1.36. The Morgan fingerprint density at radius 3 is 2.51 bits per heavy atom. The van der Waals surface area contributed by atoms with Crippen LogP contribution in [0.4, 0.5) is 30.9 Å². The minimum Gasteiger partial charge on any atom is -0.452 e. The molecule has 0 fully saturated rings. The number of halogens is 3. The fourth-order valence-corrected chi connectivity index (χ4v) is 4.75. The van der Waals surface area contributed by atoms with Crippen LogP contribution in [-0.4, -0.2) is 37.9 Å². The third-order valence-corrected chi connectivity index (χ3v) is 6.55. The van der Waals surface area contributed by atoms with E-state index < -0.39 is 17.7 Å². The standard InChI is InChI=1S/C26H21F2IN8O2/c1-39-26(38)36(13-14-5-4-7-17(29)9-14)22-23(30)33-25(34-24(22)31)37-20-11-16(27)12-32-21(20)19(35-37)10-15-6-2-3-8-18(15)28/h2-9,11-12H,10,13H2,1H3,(H4,30,31,33,34). The third kappa shape index (κ3) is 5.30. The number of hydrogen-bond donors (Lipinski definition) is 2. The van der Waals surface area contributed by atoms with E-state index in [0.717, 1.165) is 15.3 Å².